The number of benzene rings is 1. The second-order valence-corrected chi connectivity index (χ2v) is 6.28. The van der Waals surface area contributed by atoms with Gasteiger partial charge in [0, 0.05) is 0 Å². The zero-order valence-corrected chi connectivity index (χ0v) is 10.9. The first-order chi connectivity index (χ1) is 8.22. The predicted molar refractivity (Wildman–Crippen MR) is 66.5 cm³/mol. The maximum absolute atomic E-state index is 10.5. The van der Waals surface area contributed by atoms with Crippen LogP contribution in [0.4, 0.5) is 0 Å². The summed E-state index contributed by atoms with van der Waals surface area (Å²) in [7, 11) is 0. The Hall–Kier alpha value is -1.48. The number of azide groups is 1. The van der Waals surface area contributed by atoms with Crippen LogP contribution in [0, 0.1) is 0 Å². The molecule has 5 nitrogen and oxygen atoms in total. The molecule has 0 radical (unpaired) electrons. The van der Waals surface area contributed by atoms with Crippen molar-refractivity contribution in [2.45, 2.75) is 17.7 Å². The summed E-state index contributed by atoms with van der Waals surface area (Å²) in [4.78, 5) is 13.4. The van der Waals surface area contributed by atoms with E-state index in [1.165, 1.54) is 4.46 Å². The first-order valence-corrected chi connectivity index (χ1v) is 7.01. The SMILES string of the molecule is [N-]=[N+]=NCC(CCC(=O)O)[Se]c1ccccc1. The third kappa shape index (κ3) is 5.97. The van der Waals surface area contributed by atoms with Crippen LogP contribution in [0.3, 0.4) is 0 Å². The average molecular weight is 298 g/mol. The average Bonchev–Trinajstić information content (AvgIpc) is 2.34. The molecule has 1 aromatic carbocycles. The Bertz CT molecular complexity index is 404. The molecule has 0 bridgehead atoms. The summed E-state index contributed by atoms with van der Waals surface area (Å²) in [6, 6.07) is 9.89. The van der Waals surface area contributed by atoms with E-state index in [0.717, 1.165) is 0 Å². The van der Waals surface area contributed by atoms with Crippen LogP contribution in [0.25, 0.3) is 10.4 Å². The van der Waals surface area contributed by atoms with Gasteiger partial charge in [0.15, 0.2) is 0 Å². The number of hydrogen-bond acceptors (Lipinski definition) is 2. The quantitative estimate of drug-likeness (QED) is 0.361. The Labute approximate surface area is 106 Å². The van der Waals surface area contributed by atoms with E-state index >= 15 is 0 Å². The van der Waals surface area contributed by atoms with Crippen LogP contribution in [0.15, 0.2) is 35.4 Å². The van der Waals surface area contributed by atoms with Gasteiger partial charge in [-0.05, 0) is 0 Å². The molecule has 1 N–H and O–H groups in total. The summed E-state index contributed by atoms with van der Waals surface area (Å²) < 4.78 is 1.20. The van der Waals surface area contributed by atoms with E-state index in [2.05, 4.69) is 10.0 Å². The molecular formula is C11H13N3O2Se. The van der Waals surface area contributed by atoms with Gasteiger partial charge in [0.1, 0.15) is 0 Å². The van der Waals surface area contributed by atoms with E-state index in [0.29, 0.717) is 13.0 Å². The number of carboxylic acids is 1. The molecule has 90 valence electrons. The van der Waals surface area contributed by atoms with Gasteiger partial charge in [-0.3, -0.25) is 0 Å². The molecule has 0 heterocycles. The van der Waals surface area contributed by atoms with Crippen LogP contribution >= 0.6 is 0 Å². The Kier molecular flexibility index (Phi) is 6.18. The van der Waals surface area contributed by atoms with Gasteiger partial charge in [0.05, 0.1) is 0 Å². The Balaban J connectivity index is 2.56. The predicted octanol–water partition coefficient (Wildman–Crippen LogP) is 1.98. The minimum atomic E-state index is -0.806. The van der Waals surface area contributed by atoms with Crippen LogP contribution < -0.4 is 4.46 Å². The number of nitrogens with zero attached hydrogens (tertiary/aromatic N) is 3. The number of hydrogen-bond donors (Lipinski definition) is 1. The van der Waals surface area contributed by atoms with Crippen LogP contribution in [0.2, 0.25) is 4.82 Å². The van der Waals surface area contributed by atoms with Crippen LogP contribution in [0.5, 0.6) is 0 Å². The summed E-state index contributed by atoms with van der Waals surface area (Å²) >= 11 is 0.144. The molecule has 1 aromatic rings. The van der Waals surface area contributed by atoms with E-state index in [1.807, 2.05) is 30.3 Å². The van der Waals surface area contributed by atoms with E-state index < -0.39 is 5.97 Å². The minimum absolute atomic E-state index is 0.125. The van der Waals surface area contributed by atoms with E-state index in [-0.39, 0.29) is 26.2 Å². The standard InChI is InChI=1S/C11H13N3O2Se/c12-14-13-8-10(6-7-11(15)16)17-9-4-2-1-3-5-9/h1-5,10H,6-8H2,(H,15,16). The Morgan fingerprint density at radius 1 is 1.47 bits per heavy atom. The fourth-order valence-corrected chi connectivity index (χ4v) is 3.55. The molecule has 0 amide bonds. The van der Waals surface area contributed by atoms with Crippen LogP contribution in [-0.4, -0.2) is 32.6 Å². The third-order valence-corrected chi connectivity index (χ3v) is 4.72. The second kappa shape index (κ2) is 7.74. The molecule has 0 spiro atoms. The van der Waals surface area contributed by atoms with Gasteiger partial charge < -0.3 is 0 Å². The van der Waals surface area contributed by atoms with Crippen molar-refractivity contribution in [3.05, 3.63) is 40.8 Å². The van der Waals surface area contributed by atoms with Crippen LogP contribution in [0.1, 0.15) is 12.8 Å². The molecule has 0 saturated heterocycles. The fourth-order valence-electron chi connectivity index (χ4n) is 1.29. The normalized spacial score (nSPS) is 11.5. The van der Waals surface area contributed by atoms with Gasteiger partial charge in [0.25, 0.3) is 0 Å². The molecule has 17 heavy (non-hydrogen) atoms. The topological polar surface area (TPSA) is 86.1 Å². The van der Waals surface area contributed by atoms with Crippen molar-refractivity contribution < 1.29 is 9.90 Å². The molecule has 0 fully saturated rings. The van der Waals surface area contributed by atoms with Crippen molar-refractivity contribution in [1.29, 1.82) is 0 Å². The van der Waals surface area contributed by atoms with Crippen molar-refractivity contribution in [3.8, 4) is 0 Å². The molecule has 0 saturated carbocycles. The summed E-state index contributed by atoms with van der Waals surface area (Å²) in [5.74, 6) is -0.806. The van der Waals surface area contributed by atoms with E-state index in [4.69, 9.17) is 10.6 Å². The number of rotatable bonds is 7. The van der Waals surface area contributed by atoms with Gasteiger partial charge >= 0.3 is 105 Å². The van der Waals surface area contributed by atoms with Gasteiger partial charge in [-0.2, -0.15) is 0 Å². The zero-order valence-electron chi connectivity index (χ0n) is 9.19. The third-order valence-electron chi connectivity index (χ3n) is 2.07. The van der Waals surface area contributed by atoms with Gasteiger partial charge in [-0.1, -0.05) is 0 Å². The van der Waals surface area contributed by atoms with E-state index in [1.54, 1.807) is 0 Å². The summed E-state index contributed by atoms with van der Waals surface area (Å²) in [5, 5.41) is 12.2. The summed E-state index contributed by atoms with van der Waals surface area (Å²) in [6.07, 6.45) is 0.684. The molecule has 0 aliphatic heterocycles. The molecule has 0 aliphatic rings. The zero-order chi connectivity index (χ0) is 12.5. The number of carbonyl (C=O) groups is 1. The van der Waals surface area contributed by atoms with Crippen molar-refractivity contribution >= 4 is 25.4 Å². The maximum atomic E-state index is 10.5. The monoisotopic (exact) mass is 299 g/mol. The Morgan fingerprint density at radius 3 is 2.76 bits per heavy atom. The molecule has 1 atom stereocenters. The van der Waals surface area contributed by atoms with Crippen molar-refractivity contribution in [2.24, 2.45) is 5.11 Å². The Morgan fingerprint density at radius 2 is 2.18 bits per heavy atom. The molecule has 0 aliphatic carbocycles. The fraction of sp³-hybridized carbons (Fsp3) is 0.364. The molecule has 1 unspecified atom stereocenters. The number of carboxylic acid groups (broad SMARTS) is 1. The van der Waals surface area contributed by atoms with Crippen molar-refractivity contribution in [1.82, 2.24) is 0 Å². The summed E-state index contributed by atoms with van der Waals surface area (Å²) in [5.41, 5.74) is 8.31. The van der Waals surface area contributed by atoms with Gasteiger partial charge in [0.2, 0.25) is 0 Å². The first kappa shape index (κ1) is 13.6. The molecule has 1 rings (SSSR count). The van der Waals surface area contributed by atoms with Crippen molar-refractivity contribution in [2.75, 3.05) is 6.54 Å². The molecule has 6 heteroatoms. The summed E-state index contributed by atoms with van der Waals surface area (Å²) in [6.45, 7) is 0.374. The second-order valence-electron chi connectivity index (χ2n) is 3.40. The van der Waals surface area contributed by atoms with Crippen molar-refractivity contribution in [3.63, 3.8) is 0 Å². The first-order valence-electron chi connectivity index (χ1n) is 5.16. The molecular weight excluding hydrogens is 285 g/mol. The van der Waals surface area contributed by atoms with E-state index in [9.17, 15) is 4.79 Å². The van der Waals surface area contributed by atoms with Crippen LogP contribution in [-0.2, 0) is 4.79 Å². The molecule has 0 aromatic heterocycles. The number of aliphatic carboxylic acids is 1. The van der Waals surface area contributed by atoms with Gasteiger partial charge in [-0.15, -0.1) is 0 Å². The van der Waals surface area contributed by atoms with Gasteiger partial charge in [-0.25, -0.2) is 0 Å².